The number of carbonyl (C=O) groups excluding carboxylic acids is 1. The van der Waals surface area contributed by atoms with Gasteiger partial charge in [0.25, 0.3) is 0 Å². The van der Waals surface area contributed by atoms with Crippen molar-refractivity contribution < 1.29 is 17.6 Å². The maximum atomic E-state index is 16.0. The number of rotatable bonds is 6. The SMILES string of the molecule is C=CC(=O)N1CCN(c2nc(=O)n(-c3c(C4CCC4)cncc3S(C)(=O)=O)c3nc(-c4cccnc4N)c(F)cc23)[C@@H](C)C1. The molecule has 0 unspecified atom stereocenters. The number of hydrogen-bond acceptors (Lipinski definition) is 10. The Bertz CT molecular complexity index is 1990. The number of pyridine rings is 3. The van der Waals surface area contributed by atoms with Gasteiger partial charge in [0, 0.05) is 56.1 Å². The van der Waals surface area contributed by atoms with Gasteiger partial charge < -0.3 is 15.5 Å². The van der Waals surface area contributed by atoms with E-state index in [2.05, 4.69) is 26.5 Å². The van der Waals surface area contributed by atoms with Crippen molar-refractivity contribution >= 4 is 38.4 Å². The van der Waals surface area contributed by atoms with Gasteiger partial charge >= 0.3 is 5.69 Å². The Hall–Kier alpha value is -4.72. The number of aromatic nitrogens is 5. The molecule has 0 aromatic carbocycles. The van der Waals surface area contributed by atoms with Gasteiger partial charge in [-0.05, 0) is 55.5 Å². The molecule has 1 aliphatic heterocycles. The molecule has 0 radical (unpaired) electrons. The molecule has 4 aromatic rings. The fraction of sp³-hybridized carbons (Fsp3) is 0.333. The first-order valence-corrected chi connectivity index (χ1v) is 16.1. The Morgan fingerprint density at radius 3 is 2.61 bits per heavy atom. The van der Waals surface area contributed by atoms with Crippen LogP contribution in [-0.2, 0) is 14.6 Å². The van der Waals surface area contributed by atoms with E-state index in [1.807, 2.05) is 11.8 Å². The molecule has 1 saturated carbocycles. The van der Waals surface area contributed by atoms with Crippen molar-refractivity contribution in [2.75, 3.05) is 36.5 Å². The molecule has 6 rings (SSSR count). The van der Waals surface area contributed by atoms with Crippen molar-refractivity contribution in [3.8, 4) is 16.9 Å². The molecule has 0 bridgehead atoms. The van der Waals surface area contributed by atoms with E-state index in [-0.39, 0.29) is 62.4 Å². The summed E-state index contributed by atoms with van der Waals surface area (Å²) >= 11 is 0. The van der Waals surface area contributed by atoms with Crippen LogP contribution in [0.15, 0.2) is 59.1 Å². The highest BCUT2D eigenvalue weighted by atomic mass is 32.2. The number of halogens is 1. The molecule has 2 aliphatic rings. The number of nitrogens with two attached hydrogens (primary N) is 1. The minimum atomic E-state index is -3.88. The quantitative estimate of drug-likeness (QED) is 0.319. The second-order valence-corrected chi connectivity index (χ2v) is 13.2. The fourth-order valence-electron chi connectivity index (χ4n) is 5.91. The van der Waals surface area contributed by atoms with E-state index < -0.39 is 21.3 Å². The first kappa shape index (κ1) is 29.4. The lowest BCUT2D eigenvalue weighted by molar-refractivity contribution is -0.126. The number of nitrogens with zero attached hydrogens (tertiary/aromatic N) is 7. The van der Waals surface area contributed by atoms with Gasteiger partial charge in [0.15, 0.2) is 21.3 Å². The number of amides is 1. The zero-order valence-electron chi connectivity index (χ0n) is 24.3. The summed E-state index contributed by atoms with van der Waals surface area (Å²) in [6.45, 7) is 6.39. The summed E-state index contributed by atoms with van der Waals surface area (Å²) in [4.78, 5) is 47.1. The van der Waals surface area contributed by atoms with Crippen molar-refractivity contribution in [1.82, 2.24) is 29.4 Å². The largest absolute Gasteiger partial charge is 0.383 e. The normalized spacial score (nSPS) is 17.5. The predicted molar refractivity (Wildman–Crippen MR) is 164 cm³/mol. The molecular formula is C30H31FN8O4S. The van der Waals surface area contributed by atoms with Crippen LogP contribution in [0.4, 0.5) is 16.0 Å². The highest BCUT2D eigenvalue weighted by Crippen LogP contribution is 2.41. The number of anilines is 2. The fourth-order valence-corrected chi connectivity index (χ4v) is 6.73. The molecule has 4 aromatic heterocycles. The predicted octanol–water partition coefficient (Wildman–Crippen LogP) is 2.85. The molecular weight excluding hydrogens is 587 g/mol. The van der Waals surface area contributed by atoms with Crippen molar-refractivity contribution in [3.63, 3.8) is 0 Å². The molecule has 44 heavy (non-hydrogen) atoms. The first-order valence-electron chi connectivity index (χ1n) is 14.2. The summed E-state index contributed by atoms with van der Waals surface area (Å²) in [6.07, 6.45) is 9.08. The third-order valence-electron chi connectivity index (χ3n) is 8.36. The molecule has 12 nitrogen and oxygen atoms in total. The lowest BCUT2D eigenvalue weighted by Gasteiger charge is -2.40. The smallest absolute Gasteiger partial charge is 0.355 e. The van der Waals surface area contributed by atoms with Crippen molar-refractivity contribution in [2.45, 2.75) is 43.0 Å². The van der Waals surface area contributed by atoms with Crippen LogP contribution >= 0.6 is 0 Å². The second-order valence-electron chi connectivity index (χ2n) is 11.2. The van der Waals surface area contributed by atoms with Gasteiger partial charge in [-0.1, -0.05) is 13.0 Å². The Balaban J connectivity index is 1.67. The Labute approximate surface area is 253 Å². The van der Waals surface area contributed by atoms with Crippen molar-refractivity contribution in [2.24, 2.45) is 0 Å². The maximum Gasteiger partial charge on any atom is 0.355 e. The highest BCUT2D eigenvalue weighted by molar-refractivity contribution is 7.90. The van der Waals surface area contributed by atoms with Gasteiger partial charge in [-0.3, -0.25) is 9.78 Å². The van der Waals surface area contributed by atoms with Crippen LogP contribution in [0.2, 0.25) is 0 Å². The summed E-state index contributed by atoms with van der Waals surface area (Å²) in [5.74, 6) is -0.752. The number of sulfone groups is 1. The lowest BCUT2D eigenvalue weighted by atomic mass is 9.80. The summed E-state index contributed by atoms with van der Waals surface area (Å²) in [5.41, 5.74) is 6.07. The lowest BCUT2D eigenvalue weighted by Crippen LogP contribution is -2.54. The summed E-state index contributed by atoms with van der Waals surface area (Å²) in [6, 6.07) is 4.10. The van der Waals surface area contributed by atoms with Crippen LogP contribution < -0.4 is 16.3 Å². The van der Waals surface area contributed by atoms with Crippen molar-refractivity contribution in [3.05, 3.63) is 71.3 Å². The molecule has 1 saturated heterocycles. The van der Waals surface area contributed by atoms with Gasteiger partial charge in [0.05, 0.1) is 11.1 Å². The highest BCUT2D eigenvalue weighted by Gasteiger charge is 2.33. The van der Waals surface area contributed by atoms with E-state index in [0.29, 0.717) is 25.2 Å². The molecule has 1 atom stereocenters. The maximum absolute atomic E-state index is 16.0. The van der Waals surface area contributed by atoms with Crippen LogP contribution in [-0.4, -0.2) is 75.7 Å². The molecule has 5 heterocycles. The van der Waals surface area contributed by atoms with E-state index >= 15 is 4.39 Å². The minimum absolute atomic E-state index is 0.00752. The standard InChI is InChI=1S/C30H31FN8O4S/c1-4-24(40)37-11-12-38(17(2)16-37)28-20-13-22(31)25(19-9-6-10-34-27(19)32)35-29(20)39(30(41)36-28)26-21(18-7-5-8-18)14-33-15-23(26)44(3,42)43/h4,6,9-10,13-15,17-18H,1,5,7-8,11-12,16H2,2-3H3,(H2,32,34)/t17-/m0/s1. The number of hydrogen-bond donors (Lipinski definition) is 1. The van der Waals surface area contributed by atoms with Crippen molar-refractivity contribution in [1.29, 1.82) is 0 Å². The van der Waals surface area contributed by atoms with Crippen LogP contribution in [0, 0.1) is 5.82 Å². The second kappa shape index (κ2) is 11.1. The summed E-state index contributed by atoms with van der Waals surface area (Å²) in [5, 5.41) is 0.194. The van der Waals surface area contributed by atoms with E-state index in [1.165, 1.54) is 24.5 Å². The molecule has 2 N–H and O–H groups in total. The number of fused-ring (bicyclic) bond motifs is 1. The minimum Gasteiger partial charge on any atom is -0.383 e. The molecule has 228 valence electrons. The third kappa shape index (κ3) is 4.98. The van der Waals surface area contributed by atoms with Crippen LogP contribution in [0.5, 0.6) is 0 Å². The van der Waals surface area contributed by atoms with E-state index in [4.69, 9.17) is 5.73 Å². The van der Waals surface area contributed by atoms with Gasteiger partial charge in [-0.25, -0.2) is 32.1 Å². The molecule has 0 spiro atoms. The molecule has 1 aliphatic carbocycles. The zero-order chi connectivity index (χ0) is 31.3. The van der Waals surface area contributed by atoms with Gasteiger partial charge in [0.2, 0.25) is 5.91 Å². The topological polar surface area (TPSA) is 157 Å². The van der Waals surface area contributed by atoms with E-state index in [0.717, 1.165) is 30.1 Å². The average molecular weight is 619 g/mol. The van der Waals surface area contributed by atoms with Gasteiger partial charge in [-0.15, -0.1) is 0 Å². The van der Waals surface area contributed by atoms with Gasteiger partial charge in [0.1, 0.15) is 22.2 Å². The van der Waals surface area contributed by atoms with E-state index in [9.17, 15) is 18.0 Å². The Morgan fingerprint density at radius 2 is 1.98 bits per heavy atom. The molecule has 1 amide bonds. The Kier molecular flexibility index (Phi) is 7.40. The number of nitrogen functional groups attached to an aromatic ring is 1. The van der Waals surface area contributed by atoms with Crippen LogP contribution in [0.1, 0.15) is 37.7 Å². The van der Waals surface area contributed by atoms with E-state index in [1.54, 1.807) is 23.2 Å². The first-order chi connectivity index (χ1) is 21.0. The van der Waals surface area contributed by atoms with Gasteiger partial charge in [-0.2, -0.15) is 4.98 Å². The average Bonchev–Trinajstić information content (AvgIpc) is 2.95. The molecule has 14 heteroatoms. The summed E-state index contributed by atoms with van der Waals surface area (Å²) in [7, 11) is -3.88. The third-order valence-corrected chi connectivity index (χ3v) is 9.46. The van der Waals surface area contributed by atoms with Crippen LogP contribution in [0.3, 0.4) is 0 Å². The number of carbonyl (C=O) groups is 1. The Morgan fingerprint density at radius 1 is 1.20 bits per heavy atom. The molecule has 2 fully saturated rings. The monoisotopic (exact) mass is 618 g/mol. The zero-order valence-corrected chi connectivity index (χ0v) is 25.1. The van der Waals surface area contributed by atoms with Crippen LogP contribution in [0.25, 0.3) is 28.0 Å². The number of piperazine rings is 1. The summed E-state index contributed by atoms with van der Waals surface area (Å²) < 4.78 is 43.3.